The number of carbonyl (C=O) groups excluding carboxylic acids is 3. The highest BCUT2D eigenvalue weighted by Crippen LogP contribution is 2.20. The maximum atomic E-state index is 13.4. The Balaban J connectivity index is 2.44. The maximum absolute atomic E-state index is 13.4. The average molecular weight is 902 g/mol. The van der Waals surface area contributed by atoms with E-state index in [1.807, 2.05) is 12.2 Å². The van der Waals surface area contributed by atoms with Gasteiger partial charge in [0.15, 0.2) is 6.29 Å². The summed E-state index contributed by atoms with van der Waals surface area (Å²) in [5.74, 6) is -1.04. The van der Waals surface area contributed by atoms with E-state index in [0.717, 1.165) is 70.6 Å². The standard InChI is InChI=1S/C54H83N3O8/c1-3-5-7-9-11-13-15-17-19-21-22-24-25-27-29-31-33-35-37-42-48(59)55-44-40-39-41-46(53(63)57-50-52(62)51(61)47(45-58)65-54(50)64)56-49(60)43-38-36-34-32-30-28-26-23-20-18-16-14-12-10-8-6-4-2/h5-8,11-14,17-20,22,24,26-29,32-35,46-47,50-52,54,58,61-62,64H,3-4,9-10,15-16,21,23,25,30-31,36-45H2,1-2H3,(H,55,59)(H,56,60)(H,57,63)/b7-5-,8-6-,13-11-,14-12-,19-17-,20-18-,24-22-,28-26-,29-27-,34-32-,35-33-/t46-,47+,50+,51+,52+,54+/m0/s1. The van der Waals surface area contributed by atoms with Gasteiger partial charge in [-0.3, -0.25) is 14.4 Å². The third-order valence-corrected chi connectivity index (χ3v) is 10.2. The second-order valence-electron chi connectivity index (χ2n) is 15.8. The topological polar surface area (TPSA) is 177 Å². The van der Waals surface area contributed by atoms with Crippen molar-refractivity contribution in [1.82, 2.24) is 16.0 Å². The lowest BCUT2D eigenvalue weighted by Gasteiger charge is -2.40. The number of allylic oxidation sites excluding steroid dienone is 22. The third-order valence-electron chi connectivity index (χ3n) is 10.2. The predicted octanol–water partition coefficient (Wildman–Crippen LogP) is 9.07. The van der Waals surface area contributed by atoms with Gasteiger partial charge in [-0.2, -0.15) is 0 Å². The summed E-state index contributed by atoms with van der Waals surface area (Å²) in [4.78, 5) is 38.8. The van der Waals surface area contributed by atoms with E-state index >= 15 is 0 Å². The van der Waals surface area contributed by atoms with Crippen LogP contribution in [0.25, 0.3) is 0 Å². The van der Waals surface area contributed by atoms with Gasteiger partial charge in [0.25, 0.3) is 0 Å². The minimum absolute atomic E-state index is 0.0698. The summed E-state index contributed by atoms with van der Waals surface area (Å²) in [5.41, 5.74) is 0. The van der Waals surface area contributed by atoms with Crippen LogP contribution in [0, 0.1) is 0 Å². The Morgan fingerprint density at radius 1 is 0.523 bits per heavy atom. The number of nitrogens with one attached hydrogen (secondary N) is 3. The molecule has 11 heteroatoms. The van der Waals surface area contributed by atoms with Crippen molar-refractivity contribution in [1.29, 1.82) is 0 Å². The molecule has 0 spiro atoms. The van der Waals surface area contributed by atoms with Gasteiger partial charge >= 0.3 is 0 Å². The number of hydrogen-bond acceptors (Lipinski definition) is 8. The minimum atomic E-state index is -1.68. The molecule has 0 unspecified atom stereocenters. The summed E-state index contributed by atoms with van der Waals surface area (Å²) < 4.78 is 5.18. The van der Waals surface area contributed by atoms with Crippen LogP contribution in [-0.4, -0.2) is 88.0 Å². The maximum Gasteiger partial charge on any atom is 0.243 e. The molecule has 1 fully saturated rings. The van der Waals surface area contributed by atoms with Gasteiger partial charge in [0.2, 0.25) is 17.7 Å². The van der Waals surface area contributed by atoms with Gasteiger partial charge in [-0.05, 0) is 109 Å². The van der Waals surface area contributed by atoms with Crippen molar-refractivity contribution in [2.45, 2.75) is 173 Å². The van der Waals surface area contributed by atoms with E-state index in [-0.39, 0.29) is 24.7 Å². The minimum Gasteiger partial charge on any atom is -0.394 e. The first-order valence-corrected chi connectivity index (χ1v) is 24.1. The highest BCUT2D eigenvalue weighted by Gasteiger charge is 2.44. The molecule has 0 radical (unpaired) electrons. The highest BCUT2D eigenvalue weighted by atomic mass is 16.6. The number of unbranched alkanes of at least 4 members (excludes halogenated alkanes) is 2. The van der Waals surface area contributed by atoms with Gasteiger partial charge < -0.3 is 41.1 Å². The number of carbonyl (C=O) groups is 3. The second-order valence-corrected chi connectivity index (χ2v) is 15.8. The molecule has 7 N–H and O–H groups in total. The number of aliphatic hydroxyl groups excluding tert-OH is 4. The van der Waals surface area contributed by atoms with E-state index in [9.17, 15) is 34.8 Å². The van der Waals surface area contributed by atoms with Gasteiger partial charge in [-0.15, -0.1) is 0 Å². The molecule has 1 aliphatic heterocycles. The van der Waals surface area contributed by atoms with Crippen LogP contribution in [0.15, 0.2) is 134 Å². The zero-order valence-corrected chi connectivity index (χ0v) is 39.4. The molecule has 0 saturated carbocycles. The Morgan fingerprint density at radius 2 is 0.954 bits per heavy atom. The molecule has 362 valence electrons. The van der Waals surface area contributed by atoms with Crippen molar-refractivity contribution in [2.75, 3.05) is 13.2 Å². The molecule has 0 aromatic heterocycles. The first-order chi connectivity index (χ1) is 31.7. The fourth-order valence-electron chi connectivity index (χ4n) is 6.45. The third kappa shape index (κ3) is 32.6. The molecule has 65 heavy (non-hydrogen) atoms. The van der Waals surface area contributed by atoms with Crippen molar-refractivity contribution < 1.29 is 39.5 Å². The molecule has 0 bridgehead atoms. The fourth-order valence-corrected chi connectivity index (χ4v) is 6.45. The first kappa shape index (κ1) is 58.4. The van der Waals surface area contributed by atoms with Gasteiger partial charge in [-0.25, -0.2) is 0 Å². The van der Waals surface area contributed by atoms with Crippen molar-refractivity contribution in [3.8, 4) is 0 Å². The highest BCUT2D eigenvalue weighted by molar-refractivity contribution is 5.87. The largest absolute Gasteiger partial charge is 0.394 e. The molecule has 11 nitrogen and oxygen atoms in total. The Kier molecular flexibility index (Phi) is 37.7. The molecule has 1 aliphatic rings. The molecular weight excluding hydrogens is 819 g/mol. The zero-order valence-electron chi connectivity index (χ0n) is 39.4. The lowest BCUT2D eigenvalue weighted by atomic mass is 9.96. The van der Waals surface area contributed by atoms with Gasteiger partial charge in [-0.1, -0.05) is 148 Å². The first-order valence-electron chi connectivity index (χ1n) is 24.1. The van der Waals surface area contributed by atoms with E-state index in [1.165, 1.54) is 0 Å². The van der Waals surface area contributed by atoms with Crippen LogP contribution in [0.1, 0.15) is 136 Å². The number of rotatable bonds is 36. The van der Waals surface area contributed by atoms with Crippen molar-refractivity contribution in [3.05, 3.63) is 134 Å². The number of amides is 3. The van der Waals surface area contributed by atoms with E-state index in [4.69, 9.17) is 4.74 Å². The Morgan fingerprint density at radius 3 is 1.40 bits per heavy atom. The number of ether oxygens (including phenoxy) is 1. The van der Waals surface area contributed by atoms with Crippen LogP contribution >= 0.6 is 0 Å². The van der Waals surface area contributed by atoms with Crippen LogP contribution in [0.3, 0.4) is 0 Å². The van der Waals surface area contributed by atoms with Crippen LogP contribution in [0.2, 0.25) is 0 Å². The molecule has 1 saturated heterocycles. The van der Waals surface area contributed by atoms with Crippen molar-refractivity contribution in [2.24, 2.45) is 0 Å². The monoisotopic (exact) mass is 902 g/mol. The molecule has 3 amide bonds. The van der Waals surface area contributed by atoms with E-state index < -0.39 is 49.2 Å². The number of aliphatic hydroxyl groups is 4. The summed E-state index contributed by atoms with van der Waals surface area (Å²) in [7, 11) is 0. The Labute approximate surface area is 391 Å². The SMILES string of the molecule is CC/C=C\C/C=C\C/C=C\C/C=C\C/C=C\C/C=C\CCC(=O)NCCCC[C@H](NC(=O)CCC/C=C\C/C=C\C/C=C\C/C=C\C/C=C\CC)C(=O)N[C@@H]1[C@@H](O)[C@H](O)[C@@H](CO)O[C@H]1O. The molecule has 1 rings (SSSR count). The number of hydrogen-bond donors (Lipinski definition) is 7. The predicted molar refractivity (Wildman–Crippen MR) is 266 cm³/mol. The van der Waals surface area contributed by atoms with Crippen molar-refractivity contribution in [3.63, 3.8) is 0 Å². The normalized spacial score (nSPS) is 20.4. The zero-order chi connectivity index (χ0) is 47.4. The second kappa shape index (κ2) is 42.0. The molecule has 1 heterocycles. The smallest absolute Gasteiger partial charge is 0.243 e. The van der Waals surface area contributed by atoms with Crippen LogP contribution in [-0.2, 0) is 19.1 Å². The molecule has 6 atom stereocenters. The van der Waals surface area contributed by atoms with E-state index in [2.05, 4.69) is 151 Å². The van der Waals surface area contributed by atoms with E-state index in [0.29, 0.717) is 45.1 Å². The Hall–Kier alpha value is -4.65. The quantitative estimate of drug-likeness (QED) is 0.0241. The van der Waals surface area contributed by atoms with Gasteiger partial charge in [0, 0.05) is 19.4 Å². The molecule has 0 aliphatic carbocycles. The van der Waals surface area contributed by atoms with Gasteiger partial charge in [0.05, 0.1) is 6.61 Å². The molecular formula is C54H83N3O8. The lowest BCUT2D eigenvalue weighted by molar-refractivity contribution is -0.254. The molecule has 0 aromatic rings. The summed E-state index contributed by atoms with van der Waals surface area (Å²) in [6.45, 7) is 4.04. The van der Waals surface area contributed by atoms with E-state index in [1.54, 1.807) is 0 Å². The summed E-state index contributed by atoms with van der Waals surface area (Å²) in [5, 5.41) is 48.9. The van der Waals surface area contributed by atoms with Crippen LogP contribution < -0.4 is 16.0 Å². The fraction of sp³-hybridized carbons (Fsp3) is 0.537. The summed E-state index contributed by atoms with van der Waals surface area (Å²) in [6.07, 6.45) is 55.0. The summed E-state index contributed by atoms with van der Waals surface area (Å²) in [6, 6.07) is -2.37. The average Bonchev–Trinajstić information content (AvgIpc) is 3.30. The lowest BCUT2D eigenvalue weighted by Crippen LogP contribution is -2.65. The van der Waals surface area contributed by atoms with Crippen LogP contribution in [0.4, 0.5) is 0 Å². The molecule has 0 aromatic carbocycles. The van der Waals surface area contributed by atoms with Crippen molar-refractivity contribution >= 4 is 17.7 Å². The summed E-state index contributed by atoms with van der Waals surface area (Å²) >= 11 is 0. The Bertz CT molecular complexity index is 1590. The van der Waals surface area contributed by atoms with Gasteiger partial charge in [0.1, 0.15) is 30.4 Å². The van der Waals surface area contributed by atoms with Crippen LogP contribution in [0.5, 0.6) is 0 Å².